The third-order valence-electron chi connectivity index (χ3n) is 1.33. The van der Waals surface area contributed by atoms with Crippen molar-refractivity contribution in [3.05, 3.63) is 22.2 Å². The fraction of sp³-hybridized carbons (Fsp3) is 0.333. The van der Waals surface area contributed by atoms with Crippen LogP contribution in [0.3, 0.4) is 0 Å². The number of methoxy groups -OCH3 is 1. The topological polar surface area (TPSA) is 39.2 Å². The molecule has 0 aliphatic heterocycles. The zero-order chi connectivity index (χ0) is 9.68. The maximum absolute atomic E-state index is 10.6. The molecular weight excluding hydrogens is 186 g/mol. The van der Waals surface area contributed by atoms with Crippen LogP contribution in [0.15, 0.2) is 11.5 Å². The number of aromatic nitrogens is 1. The monoisotopic (exact) mass is 197 g/mol. The van der Waals surface area contributed by atoms with Gasteiger partial charge in [-0.1, -0.05) is 0 Å². The van der Waals surface area contributed by atoms with Gasteiger partial charge in [0.2, 0.25) is 0 Å². The van der Waals surface area contributed by atoms with E-state index in [2.05, 4.69) is 4.98 Å². The molecule has 3 nitrogen and oxygen atoms in total. The number of hydrogen-bond acceptors (Lipinski definition) is 4. The first-order chi connectivity index (χ1) is 6.22. The second-order valence-electron chi connectivity index (χ2n) is 2.54. The molecule has 0 atom stereocenters. The fourth-order valence-corrected chi connectivity index (χ4v) is 1.53. The van der Waals surface area contributed by atoms with Crippen LogP contribution in [0.25, 0.3) is 6.08 Å². The molecule has 0 bridgehead atoms. The number of nitrogens with zero attached hydrogens (tertiary/aromatic N) is 1. The molecule has 0 fully saturated rings. The van der Waals surface area contributed by atoms with E-state index in [9.17, 15) is 4.79 Å². The standard InChI is InChI=1S/C9H11NO2S/c1-7(11)3-4-8-6-13-9(10-8)5-12-2/h3-4,6H,5H2,1-2H3/b4-3+. The van der Waals surface area contributed by atoms with Crippen molar-refractivity contribution in [3.63, 3.8) is 0 Å². The van der Waals surface area contributed by atoms with Gasteiger partial charge in [-0.05, 0) is 19.1 Å². The van der Waals surface area contributed by atoms with Gasteiger partial charge in [-0.3, -0.25) is 4.79 Å². The molecule has 70 valence electrons. The predicted octanol–water partition coefficient (Wildman–Crippen LogP) is 1.89. The van der Waals surface area contributed by atoms with Crippen molar-refractivity contribution >= 4 is 23.2 Å². The quantitative estimate of drug-likeness (QED) is 0.692. The van der Waals surface area contributed by atoms with E-state index in [1.165, 1.54) is 24.3 Å². The third-order valence-corrected chi connectivity index (χ3v) is 2.17. The molecule has 0 amide bonds. The molecule has 0 saturated carbocycles. The van der Waals surface area contributed by atoms with Crippen LogP contribution in [0.2, 0.25) is 0 Å². The van der Waals surface area contributed by atoms with E-state index in [0.717, 1.165) is 10.7 Å². The lowest BCUT2D eigenvalue weighted by molar-refractivity contribution is -0.112. The Morgan fingerprint density at radius 1 is 1.77 bits per heavy atom. The van der Waals surface area contributed by atoms with Crippen molar-refractivity contribution in [3.8, 4) is 0 Å². The number of ether oxygens (including phenoxy) is 1. The molecule has 1 aromatic heterocycles. The Hall–Kier alpha value is -1.00. The van der Waals surface area contributed by atoms with Crippen molar-refractivity contribution in [1.29, 1.82) is 0 Å². The summed E-state index contributed by atoms with van der Waals surface area (Å²) in [5.74, 6) is 0.0290. The Bertz CT molecular complexity index is 317. The molecule has 0 spiro atoms. The number of rotatable bonds is 4. The molecular formula is C9H11NO2S. The van der Waals surface area contributed by atoms with Gasteiger partial charge < -0.3 is 4.74 Å². The highest BCUT2D eigenvalue weighted by Gasteiger charge is 1.97. The van der Waals surface area contributed by atoms with Crippen LogP contribution in [0, 0.1) is 0 Å². The van der Waals surface area contributed by atoms with Gasteiger partial charge in [-0.2, -0.15) is 0 Å². The lowest BCUT2D eigenvalue weighted by atomic mass is 10.3. The molecule has 13 heavy (non-hydrogen) atoms. The molecule has 4 heteroatoms. The van der Waals surface area contributed by atoms with Gasteiger partial charge >= 0.3 is 0 Å². The first kappa shape index (κ1) is 10.1. The van der Waals surface area contributed by atoms with Crippen LogP contribution in [0.5, 0.6) is 0 Å². The summed E-state index contributed by atoms with van der Waals surface area (Å²) < 4.78 is 4.92. The predicted molar refractivity (Wildman–Crippen MR) is 52.5 cm³/mol. The second kappa shape index (κ2) is 4.89. The third kappa shape index (κ3) is 3.48. The summed E-state index contributed by atoms with van der Waals surface area (Å²) in [7, 11) is 1.63. The van der Waals surface area contributed by atoms with Gasteiger partial charge in [0.1, 0.15) is 5.01 Å². The summed E-state index contributed by atoms with van der Waals surface area (Å²) in [6.07, 6.45) is 3.21. The molecule has 0 aliphatic rings. The molecule has 1 aromatic rings. The number of carbonyl (C=O) groups is 1. The summed E-state index contributed by atoms with van der Waals surface area (Å²) in [6.45, 7) is 2.04. The zero-order valence-electron chi connectivity index (χ0n) is 7.61. The van der Waals surface area contributed by atoms with E-state index in [0.29, 0.717) is 6.61 Å². The lowest BCUT2D eigenvalue weighted by Crippen LogP contribution is -1.85. The lowest BCUT2D eigenvalue weighted by Gasteiger charge is -1.89. The molecule has 0 radical (unpaired) electrons. The Morgan fingerprint density at radius 2 is 2.54 bits per heavy atom. The fourth-order valence-electron chi connectivity index (χ4n) is 0.794. The van der Waals surface area contributed by atoms with Crippen molar-refractivity contribution in [2.75, 3.05) is 7.11 Å². The van der Waals surface area contributed by atoms with Crippen molar-refractivity contribution in [2.24, 2.45) is 0 Å². The van der Waals surface area contributed by atoms with E-state index in [1.807, 2.05) is 5.38 Å². The number of hydrogen-bond donors (Lipinski definition) is 0. The van der Waals surface area contributed by atoms with Crippen molar-refractivity contribution in [1.82, 2.24) is 4.98 Å². The van der Waals surface area contributed by atoms with Gasteiger partial charge in [0.05, 0.1) is 12.3 Å². The van der Waals surface area contributed by atoms with Gasteiger partial charge in [0, 0.05) is 12.5 Å². The Morgan fingerprint density at radius 3 is 3.15 bits per heavy atom. The van der Waals surface area contributed by atoms with Crippen LogP contribution < -0.4 is 0 Å². The van der Waals surface area contributed by atoms with Crippen LogP contribution in [0.4, 0.5) is 0 Å². The van der Waals surface area contributed by atoms with E-state index in [-0.39, 0.29) is 5.78 Å². The van der Waals surface area contributed by atoms with Crippen LogP contribution in [-0.4, -0.2) is 17.9 Å². The molecule has 0 aliphatic carbocycles. The van der Waals surface area contributed by atoms with E-state index in [4.69, 9.17) is 4.74 Å². The number of thiazole rings is 1. The Kier molecular flexibility index (Phi) is 3.79. The van der Waals surface area contributed by atoms with Crippen molar-refractivity contribution in [2.45, 2.75) is 13.5 Å². The summed E-state index contributed by atoms with van der Waals surface area (Å²) in [5, 5.41) is 2.82. The Labute approximate surface area is 81.1 Å². The first-order valence-electron chi connectivity index (χ1n) is 3.84. The van der Waals surface area contributed by atoms with Crippen LogP contribution in [-0.2, 0) is 16.1 Å². The minimum Gasteiger partial charge on any atom is -0.378 e. The normalized spacial score (nSPS) is 10.9. The highest BCUT2D eigenvalue weighted by atomic mass is 32.1. The first-order valence-corrected chi connectivity index (χ1v) is 4.72. The molecule has 0 N–H and O–H groups in total. The van der Waals surface area contributed by atoms with Gasteiger partial charge in [0.25, 0.3) is 0 Å². The van der Waals surface area contributed by atoms with Gasteiger partial charge in [-0.15, -0.1) is 11.3 Å². The molecule has 0 unspecified atom stereocenters. The van der Waals surface area contributed by atoms with Crippen LogP contribution >= 0.6 is 11.3 Å². The molecule has 1 rings (SSSR count). The van der Waals surface area contributed by atoms with Gasteiger partial charge in [-0.25, -0.2) is 4.98 Å². The van der Waals surface area contributed by atoms with E-state index < -0.39 is 0 Å². The van der Waals surface area contributed by atoms with Crippen molar-refractivity contribution < 1.29 is 9.53 Å². The minimum absolute atomic E-state index is 0.0290. The SMILES string of the molecule is COCc1nc(/C=C/C(C)=O)cs1. The zero-order valence-corrected chi connectivity index (χ0v) is 8.43. The summed E-state index contributed by atoms with van der Waals surface area (Å²) in [5.41, 5.74) is 0.812. The Balaban J connectivity index is 2.63. The number of ketones is 1. The maximum atomic E-state index is 10.6. The largest absolute Gasteiger partial charge is 0.378 e. The second-order valence-corrected chi connectivity index (χ2v) is 3.49. The van der Waals surface area contributed by atoms with E-state index >= 15 is 0 Å². The highest BCUT2D eigenvalue weighted by molar-refractivity contribution is 7.09. The highest BCUT2D eigenvalue weighted by Crippen LogP contribution is 2.11. The average Bonchev–Trinajstić information content (AvgIpc) is 2.50. The summed E-state index contributed by atoms with van der Waals surface area (Å²) >= 11 is 1.53. The maximum Gasteiger partial charge on any atom is 0.152 e. The van der Waals surface area contributed by atoms with Gasteiger partial charge in [0.15, 0.2) is 5.78 Å². The van der Waals surface area contributed by atoms with Crippen LogP contribution in [0.1, 0.15) is 17.6 Å². The molecule has 0 saturated heterocycles. The molecule has 1 heterocycles. The summed E-state index contributed by atoms with van der Waals surface area (Å²) in [6, 6.07) is 0. The number of allylic oxidation sites excluding steroid dienone is 1. The summed E-state index contributed by atoms with van der Waals surface area (Å²) in [4.78, 5) is 14.8. The van der Waals surface area contributed by atoms with E-state index in [1.54, 1.807) is 13.2 Å². The average molecular weight is 197 g/mol. The number of carbonyl (C=O) groups excluding carboxylic acids is 1. The smallest absolute Gasteiger partial charge is 0.152 e. The minimum atomic E-state index is 0.0290. The molecule has 0 aromatic carbocycles.